The van der Waals surface area contributed by atoms with Gasteiger partial charge in [-0.2, -0.15) is 5.26 Å². The molecule has 1 rings (SSSR count). The van der Waals surface area contributed by atoms with Gasteiger partial charge in [-0.3, -0.25) is 0 Å². The summed E-state index contributed by atoms with van der Waals surface area (Å²) < 4.78 is 5.44. The van der Waals surface area contributed by atoms with E-state index in [0.29, 0.717) is 11.3 Å². The van der Waals surface area contributed by atoms with Crippen molar-refractivity contribution < 1.29 is 14.6 Å². The summed E-state index contributed by atoms with van der Waals surface area (Å²) in [6.45, 7) is 5.34. The highest BCUT2D eigenvalue weighted by Crippen LogP contribution is 2.27. The zero-order valence-corrected chi connectivity index (χ0v) is 10.1. The topological polar surface area (TPSA) is 70.3 Å². The number of rotatable bonds is 3. The molecule has 1 aromatic rings. The van der Waals surface area contributed by atoms with Gasteiger partial charge in [-0.15, -0.1) is 0 Å². The van der Waals surface area contributed by atoms with Crippen LogP contribution in [0, 0.1) is 16.7 Å². The van der Waals surface area contributed by atoms with E-state index in [1.165, 1.54) is 0 Å². The van der Waals surface area contributed by atoms with E-state index in [9.17, 15) is 4.79 Å². The lowest BCUT2D eigenvalue weighted by molar-refractivity contribution is -0.150. The van der Waals surface area contributed by atoms with Gasteiger partial charge in [0.2, 0.25) is 0 Å². The van der Waals surface area contributed by atoms with Gasteiger partial charge in [-0.25, -0.2) is 4.79 Å². The maximum atomic E-state index is 11.1. The van der Waals surface area contributed by atoms with E-state index in [-0.39, 0.29) is 0 Å². The number of carboxylic acid groups (broad SMARTS) is 1. The minimum Gasteiger partial charge on any atom is -0.478 e. The van der Waals surface area contributed by atoms with Gasteiger partial charge in [0.1, 0.15) is 11.8 Å². The van der Waals surface area contributed by atoms with Crippen LogP contribution in [0.3, 0.4) is 0 Å². The fraction of sp³-hybridized carbons (Fsp3) is 0.385. The molecule has 0 saturated carbocycles. The Bertz CT molecular complexity index is 454. The Morgan fingerprint density at radius 1 is 1.41 bits per heavy atom. The lowest BCUT2D eigenvalue weighted by Gasteiger charge is -2.27. The molecular weight excluding hydrogens is 218 g/mol. The van der Waals surface area contributed by atoms with Gasteiger partial charge in [0.05, 0.1) is 5.56 Å². The summed E-state index contributed by atoms with van der Waals surface area (Å²) >= 11 is 0. The number of carbonyl (C=O) groups is 1. The molecule has 1 atom stereocenters. The van der Waals surface area contributed by atoms with Crippen LogP contribution < -0.4 is 4.74 Å². The molecule has 0 heterocycles. The molecule has 0 aliphatic rings. The van der Waals surface area contributed by atoms with Crippen LogP contribution in [-0.4, -0.2) is 17.2 Å². The van der Waals surface area contributed by atoms with Crippen LogP contribution in [-0.2, 0) is 4.79 Å². The molecule has 0 aliphatic heterocycles. The van der Waals surface area contributed by atoms with Crippen LogP contribution in [0.25, 0.3) is 0 Å². The smallest absolute Gasteiger partial charge is 0.345 e. The molecule has 0 amide bonds. The Kier molecular flexibility index (Phi) is 3.74. The largest absolute Gasteiger partial charge is 0.478 e. The lowest BCUT2D eigenvalue weighted by atomic mass is 9.89. The first-order chi connectivity index (χ1) is 7.86. The first kappa shape index (κ1) is 13.0. The molecule has 4 heteroatoms. The van der Waals surface area contributed by atoms with Crippen LogP contribution in [0.4, 0.5) is 0 Å². The van der Waals surface area contributed by atoms with Crippen molar-refractivity contribution in [2.45, 2.75) is 26.9 Å². The number of para-hydroxylation sites is 1. The van der Waals surface area contributed by atoms with Gasteiger partial charge in [0.25, 0.3) is 0 Å². The second-order valence-electron chi connectivity index (χ2n) is 4.81. The predicted molar refractivity (Wildman–Crippen MR) is 62.7 cm³/mol. The normalized spacial score (nSPS) is 12.6. The van der Waals surface area contributed by atoms with Crippen LogP contribution in [0.5, 0.6) is 5.75 Å². The number of nitrogens with zero attached hydrogens (tertiary/aromatic N) is 1. The van der Waals surface area contributed by atoms with E-state index in [1.54, 1.807) is 45.0 Å². The van der Waals surface area contributed by atoms with Crippen molar-refractivity contribution in [1.82, 2.24) is 0 Å². The van der Waals surface area contributed by atoms with Crippen LogP contribution in [0.2, 0.25) is 0 Å². The molecule has 0 aliphatic carbocycles. The summed E-state index contributed by atoms with van der Waals surface area (Å²) in [6.07, 6.45) is -0.989. The van der Waals surface area contributed by atoms with Gasteiger partial charge in [-0.05, 0) is 12.1 Å². The summed E-state index contributed by atoms with van der Waals surface area (Å²) in [5.41, 5.74) is -0.211. The maximum absolute atomic E-state index is 11.1. The van der Waals surface area contributed by atoms with Crippen LogP contribution in [0.15, 0.2) is 24.3 Å². The first-order valence-corrected chi connectivity index (χ1v) is 5.25. The van der Waals surface area contributed by atoms with Crippen LogP contribution in [0.1, 0.15) is 26.3 Å². The molecule has 90 valence electrons. The second kappa shape index (κ2) is 4.88. The summed E-state index contributed by atoms with van der Waals surface area (Å²) in [6, 6.07) is 8.58. The summed E-state index contributed by atoms with van der Waals surface area (Å²) in [4.78, 5) is 11.1. The van der Waals surface area contributed by atoms with Crippen molar-refractivity contribution in [2.24, 2.45) is 5.41 Å². The SMILES string of the molecule is CC(C)(C)C(Oc1ccccc1C#N)C(=O)O. The molecule has 0 radical (unpaired) electrons. The third-order valence-electron chi connectivity index (χ3n) is 2.26. The molecular formula is C13H15NO3. The van der Waals surface area contributed by atoms with Crippen LogP contribution >= 0.6 is 0 Å². The number of ether oxygens (including phenoxy) is 1. The van der Waals surface area contributed by atoms with Crippen molar-refractivity contribution in [2.75, 3.05) is 0 Å². The monoisotopic (exact) mass is 233 g/mol. The molecule has 0 bridgehead atoms. The summed E-state index contributed by atoms with van der Waals surface area (Å²) in [5.74, 6) is -0.734. The standard InChI is InChI=1S/C13H15NO3/c1-13(2,3)11(12(15)16)17-10-7-5-4-6-9(10)8-14/h4-7,11H,1-3H3,(H,15,16). The van der Waals surface area contributed by atoms with Gasteiger partial charge in [0, 0.05) is 5.41 Å². The first-order valence-electron chi connectivity index (χ1n) is 5.25. The quantitative estimate of drug-likeness (QED) is 0.870. The second-order valence-corrected chi connectivity index (χ2v) is 4.81. The third-order valence-corrected chi connectivity index (χ3v) is 2.26. The third kappa shape index (κ3) is 3.22. The maximum Gasteiger partial charge on any atom is 0.345 e. The average Bonchev–Trinajstić information content (AvgIpc) is 2.24. The van der Waals surface area contributed by atoms with E-state index in [2.05, 4.69) is 0 Å². The van der Waals surface area contributed by atoms with E-state index < -0.39 is 17.5 Å². The van der Waals surface area contributed by atoms with Crippen molar-refractivity contribution in [3.05, 3.63) is 29.8 Å². The molecule has 0 aromatic heterocycles. The fourth-order valence-electron chi connectivity index (χ4n) is 1.39. The number of aliphatic carboxylic acids is 1. The van der Waals surface area contributed by atoms with Crippen molar-refractivity contribution in [3.63, 3.8) is 0 Å². The highest BCUT2D eigenvalue weighted by atomic mass is 16.5. The Labute approximate surface area is 100 Å². The lowest BCUT2D eigenvalue weighted by Crippen LogP contribution is -2.39. The van der Waals surface area contributed by atoms with Gasteiger partial charge >= 0.3 is 5.97 Å². The minimum atomic E-state index is -1.04. The minimum absolute atomic E-state index is 0.303. The van der Waals surface area contributed by atoms with Gasteiger partial charge in [-0.1, -0.05) is 32.9 Å². The number of carboxylic acids is 1. The van der Waals surface area contributed by atoms with E-state index in [0.717, 1.165) is 0 Å². The summed E-state index contributed by atoms with van der Waals surface area (Å²) in [5, 5.41) is 18.0. The van der Waals surface area contributed by atoms with Gasteiger partial charge < -0.3 is 9.84 Å². The Hall–Kier alpha value is -2.02. The number of hydrogen-bond acceptors (Lipinski definition) is 3. The van der Waals surface area contributed by atoms with Crippen molar-refractivity contribution in [1.29, 1.82) is 5.26 Å². The summed E-state index contributed by atoms with van der Waals surface area (Å²) in [7, 11) is 0. The zero-order valence-electron chi connectivity index (χ0n) is 10.1. The molecule has 0 saturated heterocycles. The molecule has 0 spiro atoms. The Balaban J connectivity index is 3.03. The molecule has 0 fully saturated rings. The predicted octanol–water partition coefficient (Wildman–Crippen LogP) is 2.44. The van der Waals surface area contributed by atoms with Crippen molar-refractivity contribution >= 4 is 5.97 Å². The molecule has 1 aromatic carbocycles. The number of nitriles is 1. The van der Waals surface area contributed by atoms with Crippen molar-refractivity contribution in [3.8, 4) is 11.8 Å². The molecule has 4 nitrogen and oxygen atoms in total. The Morgan fingerprint density at radius 2 is 2.00 bits per heavy atom. The average molecular weight is 233 g/mol. The van der Waals surface area contributed by atoms with E-state index >= 15 is 0 Å². The number of benzene rings is 1. The molecule has 1 N–H and O–H groups in total. The van der Waals surface area contributed by atoms with Gasteiger partial charge in [0.15, 0.2) is 6.10 Å². The zero-order chi connectivity index (χ0) is 13.1. The van der Waals surface area contributed by atoms with E-state index in [4.69, 9.17) is 15.1 Å². The fourth-order valence-corrected chi connectivity index (χ4v) is 1.39. The molecule has 17 heavy (non-hydrogen) atoms. The highest BCUT2D eigenvalue weighted by Gasteiger charge is 2.33. The van der Waals surface area contributed by atoms with E-state index in [1.807, 2.05) is 6.07 Å². The number of hydrogen-bond donors (Lipinski definition) is 1. The highest BCUT2D eigenvalue weighted by molar-refractivity contribution is 5.74. The molecule has 1 unspecified atom stereocenters. The Morgan fingerprint density at radius 3 is 2.47 bits per heavy atom.